The van der Waals surface area contributed by atoms with Gasteiger partial charge in [0.25, 0.3) is 15.9 Å². The minimum Gasteiger partial charge on any atom is -0.336 e. The van der Waals surface area contributed by atoms with Gasteiger partial charge in [0.05, 0.1) is 16.1 Å². The molecule has 0 saturated carbocycles. The van der Waals surface area contributed by atoms with E-state index in [2.05, 4.69) is 27.6 Å². The van der Waals surface area contributed by atoms with Crippen LogP contribution in [-0.2, 0) is 10.0 Å². The number of nitrogens with one attached hydrogen (secondary N) is 1. The first-order valence-corrected chi connectivity index (χ1v) is 11.4. The zero-order chi connectivity index (χ0) is 19.4. The average Bonchev–Trinajstić information content (AvgIpc) is 2.68. The average molecular weight is 451 g/mol. The normalized spacial score (nSPS) is 17.6. The lowest BCUT2D eigenvalue weighted by Gasteiger charge is -2.35. The molecule has 0 spiro atoms. The molecule has 7 heteroatoms. The van der Waals surface area contributed by atoms with E-state index in [1.807, 2.05) is 4.90 Å². The number of amides is 1. The van der Waals surface area contributed by atoms with Crippen molar-refractivity contribution in [3.8, 4) is 0 Å². The zero-order valence-corrected chi connectivity index (χ0v) is 17.6. The van der Waals surface area contributed by atoms with E-state index in [9.17, 15) is 13.2 Å². The van der Waals surface area contributed by atoms with Crippen LogP contribution >= 0.6 is 15.9 Å². The Kier molecular flexibility index (Phi) is 6.22. The van der Waals surface area contributed by atoms with Crippen LogP contribution in [0, 0.1) is 0 Å². The smallest absolute Gasteiger partial charge is 0.261 e. The molecule has 0 aliphatic carbocycles. The summed E-state index contributed by atoms with van der Waals surface area (Å²) in [7, 11) is -3.78. The van der Waals surface area contributed by atoms with Crippen molar-refractivity contribution in [2.45, 2.75) is 43.5 Å². The standard InChI is InChI=1S/C20H23BrN2O3S/c1-2-16-7-5-6-14-23(16)20(24)18-8-3-4-9-19(18)22-27(25,26)17-12-10-15(21)11-13-17/h3-4,8-13,16,22H,2,5-7,14H2,1H3/t16-/m0/s1. The third-order valence-electron chi connectivity index (χ3n) is 4.88. The molecule has 2 aromatic rings. The van der Waals surface area contributed by atoms with Crippen LogP contribution in [0.25, 0.3) is 0 Å². The number of carbonyl (C=O) groups is 1. The summed E-state index contributed by atoms with van der Waals surface area (Å²) < 4.78 is 28.9. The minimum atomic E-state index is -3.78. The van der Waals surface area contributed by atoms with E-state index in [4.69, 9.17) is 0 Å². The molecule has 27 heavy (non-hydrogen) atoms. The summed E-state index contributed by atoms with van der Waals surface area (Å²) in [4.78, 5) is 15.2. The van der Waals surface area contributed by atoms with Crippen LogP contribution in [0.2, 0.25) is 0 Å². The van der Waals surface area contributed by atoms with E-state index in [0.717, 1.165) is 30.2 Å². The molecule has 1 N–H and O–H groups in total. The first-order chi connectivity index (χ1) is 12.9. The zero-order valence-electron chi connectivity index (χ0n) is 15.2. The molecule has 3 rings (SSSR count). The predicted octanol–water partition coefficient (Wildman–Crippen LogP) is 4.65. The maximum Gasteiger partial charge on any atom is 0.261 e. The first kappa shape index (κ1) is 19.9. The Morgan fingerprint density at radius 1 is 1.15 bits per heavy atom. The number of carbonyl (C=O) groups excluding carboxylic acids is 1. The van der Waals surface area contributed by atoms with Crippen LogP contribution in [0.4, 0.5) is 5.69 Å². The molecule has 144 valence electrons. The summed E-state index contributed by atoms with van der Waals surface area (Å²) in [5, 5.41) is 0. The van der Waals surface area contributed by atoms with Crippen molar-refractivity contribution in [1.82, 2.24) is 4.90 Å². The maximum atomic E-state index is 13.1. The third-order valence-corrected chi connectivity index (χ3v) is 6.80. The number of nitrogens with zero attached hydrogens (tertiary/aromatic N) is 1. The molecule has 5 nitrogen and oxygen atoms in total. The lowest BCUT2D eigenvalue weighted by atomic mass is 9.98. The molecule has 1 amide bonds. The fourth-order valence-electron chi connectivity index (χ4n) is 3.42. The number of anilines is 1. The highest BCUT2D eigenvalue weighted by molar-refractivity contribution is 9.10. The number of para-hydroxylation sites is 1. The van der Waals surface area contributed by atoms with E-state index < -0.39 is 10.0 Å². The van der Waals surface area contributed by atoms with Gasteiger partial charge in [0.2, 0.25) is 0 Å². The fourth-order valence-corrected chi connectivity index (χ4v) is 4.77. The molecular weight excluding hydrogens is 428 g/mol. The molecule has 1 heterocycles. The summed E-state index contributed by atoms with van der Waals surface area (Å²) in [6.45, 7) is 2.80. The topological polar surface area (TPSA) is 66.5 Å². The van der Waals surface area contributed by atoms with Gasteiger partial charge in [-0.25, -0.2) is 8.42 Å². The van der Waals surface area contributed by atoms with Crippen LogP contribution in [0.3, 0.4) is 0 Å². The number of rotatable bonds is 5. The van der Waals surface area contributed by atoms with E-state index >= 15 is 0 Å². The molecule has 0 unspecified atom stereocenters. The van der Waals surface area contributed by atoms with Gasteiger partial charge in [0, 0.05) is 17.1 Å². The van der Waals surface area contributed by atoms with Gasteiger partial charge < -0.3 is 4.90 Å². The van der Waals surface area contributed by atoms with Crippen molar-refractivity contribution in [3.63, 3.8) is 0 Å². The van der Waals surface area contributed by atoms with E-state index in [1.54, 1.807) is 36.4 Å². The summed E-state index contributed by atoms with van der Waals surface area (Å²) >= 11 is 3.30. The maximum absolute atomic E-state index is 13.1. The van der Waals surface area contributed by atoms with Crippen LogP contribution in [0.15, 0.2) is 57.9 Å². The molecule has 1 saturated heterocycles. The van der Waals surface area contributed by atoms with Crippen LogP contribution in [0.1, 0.15) is 43.0 Å². The summed E-state index contributed by atoms with van der Waals surface area (Å²) in [6.07, 6.45) is 4.00. The molecule has 1 atom stereocenters. The van der Waals surface area contributed by atoms with Crippen LogP contribution < -0.4 is 4.72 Å². The monoisotopic (exact) mass is 450 g/mol. The van der Waals surface area contributed by atoms with Gasteiger partial charge in [0.1, 0.15) is 0 Å². The predicted molar refractivity (Wildman–Crippen MR) is 110 cm³/mol. The van der Waals surface area contributed by atoms with Gasteiger partial charge in [-0.15, -0.1) is 0 Å². The van der Waals surface area contributed by atoms with E-state index in [-0.39, 0.29) is 16.8 Å². The second-order valence-electron chi connectivity index (χ2n) is 6.66. The summed E-state index contributed by atoms with van der Waals surface area (Å²) in [5.74, 6) is -0.115. The Bertz CT molecular complexity index is 913. The molecule has 0 aromatic heterocycles. The minimum absolute atomic E-state index is 0.115. The van der Waals surface area contributed by atoms with Gasteiger partial charge in [-0.2, -0.15) is 0 Å². The quantitative estimate of drug-likeness (QED) is 0.720. The summed E-state index contributed by atoms with van der Waals surface area (Å²) in [5.41, 5.74) is 0.699. The Morgan fingerprint density at radius 3 is 2.56 bits per heavy atom. The van der Waals surface area contributed by atoms with Gasteiger partial charge >= 0.3 is 0 Å². The van der Waals surface area contributed by atoms with Crippen molar-refractivity contribution in [2.24, 2.45) is 0 Å². The lowest BCUT2D eigenvalue weighted by Crippen LogP contribution is -2.43. The number of halogens is 1. The molecule has 0 bridgehead atoms. The van der Waals surface area contributed by atoms with Gasteiger partial charge in [-0.05, 0) is 62.1 Å². The van der Waals surface area contributed by atoms with Crippen LogP contribution in [-0.4, -0.2) is 31.8 Å². The number of piperidine rings is 1. The van der Waals surface area contributed by atoms with Gasteiger partial charge in [-0.1, -0.05) is 35.0 Å². The SMILES string of the molecule is CC[C@H]1CCCCN1C(=O)c1ccccc1NS(=O)(=O)c1ccc(Br)cc1. The Morgan fingerprint density at radius 2 is 1.85 bits per heavy atom. The van der Waals surface area contributed by atoms with Gasteiger partial charge in [-0.3, -0.25) is 9.52 Å². The number of hydrogen-bond donors (Lipinski definition) is 1. The lowest BCUT2D eigenvalue weighted by molar-refractivity contribution is 0.0609. The number of sulfonamides is 1. The Balaban J connectivity index is 1.89. The van der Waals surface area contributed by atoms with E-state index in [1.165, 1.54) is 12.1 Å². The molecule has 1 aliphatic heterocycles. The third kappa shape index (κ3) is 4.52. The van der Waals surface area contributed by atoms with Crippen molar-refractivity contribution in [3.05, 3.63) is 58.6 Å². The van der Waals surface area contributed by atoms with Crippen molar-refractivity contribution in [1.29, 1.82) is 0 Å². The second-order valence-corrected chi connectivity index (χ2v) is 9.26. The molecule has 1 fully saturated rings. The van der Waals surface area contributed by atoms with Crippen molar-refractivity contribution in [2.75, 3.05) is 11.3 Å². The molecule has 1 aliphatic rings. The van der Waals surface area contributed by atoms with Gasteiger partial charge in [0.15, 0.2) is 0 Å². The Hall–Kier alpha value is -1.86. The Labute approximate surface area is 169 Å². The number of benzene rings is 2. The second kappa shape index (κ2) is 8.44. The highest BCUT2D eigenvalue weighted by Crippen LogP contribution is 2.26. The number of likely N-dealkylation sites (tertiary alicyclic amines) is 1. The number of hydrogen-bond acceptors (Lipinski definition) is 3. The highest BCUT2D eigenvalue weighted by Gasteiger charge is 2.28. The first-order valence-electron chi connectivity index (χ1n) is 9.11. The summed E-state index contributed by atoms with van der Waals surface area (Å²) in [6, 6.07) is 13.4. The highest BCUT2D eigenvalue weighted by atomic mass is 79.9. The van der Waals surface area contributed by atoms with Crippen molar-refractivity contribution >= 4 is 37.5 Å². The van der Waals surface area contributed by atoms with Crippen LogP contribution in [0.5, 0.6) is 0 Å². The fraction of sp³-hybridized carbons (Fsp3) is 0.350. The molecular formula is C20H23BrN2O3S. The molecule has 2 aromatic carbocycles. The van der Waals surface area contributed by atoms with Crippen molar-refractivity contribution < 1.29 is 13.2 Å². The molecule has 0 radical (unpaired) electrons. The van der Waals surface area contributed by atoms with E-state index in [0.29, 0.717) is 17.8 Å². The largest absolute Gasteiger partial charge is 0.336 e.